The standard InChI is InChI=1S/C11H12ClFO/c1-8(6-7-11(12)14)9-4-2-3-5-10(9)13/h2-5,8H,6-7H2,1H3. The Balaban J connectivity index is 2.65. The fraction of sp³-hybridized carbons (Fsp3) is 0.364. The molecule has 0 spiro atoms. The molecule has 1 aromatic rings. The number of carbonyl (C=O) groups is 1. The summed E-state index contributed by atoms with van der Waals surface area (Å²) in [6.07, 6.45) is 0.875. The zero-order chi connectivity index (χ0) is 10.6. The van der Waals surface area contributed by atoms with E-state index in [1.165, 1.54) is 6.07 Å². The predicted molar refractivity (Wildman–Crippen MR) is 54.9 cm³/mol. The Bertz CT molecular complexity index is 325. The van der Waals surface area contributed by atoms with Crippen LogP contribution in [0.5, 0.6) is 0 Å². The summed E-state index contributed by atoms with van der Waals surface area (Å²) in [5.74, 6) is -0.194. The van der Waals surface area contributed by atoms with Crippen molar-refractivity contribution >= 4 is 16.8 Å². The summed E-state index contributed by atoms with van der Waals surface area (Å²) < 4.78 is 13.2. The van der Waals surface area contributed by atoms with Crippen LogP contribution < -0.4 is 0 Å². The van der Waals surface area contributed by atoms with Gasteiger partial charge in [-0.3, -0.25) is 4.79 Å². The van der Waals surface area contributed by atoms with E-state index in [0.29, 0.717) is 12.0 Å². The molecule has 0 aliphatic rings. The molecule has 76 valence electrons. The van der Waals surface area contributed by atoms with Gasteiger partial charge in [-0.15, -0.1) is 0 Å². The lowest BCUT2D eigenvalue weighted by molar-refractivity contribution is -0.111. The Labute approximate surface area is 87.9 Å². The van der Waals surface area contributed by atoms with Gasteiger partial charge in [0, 0.05) is 6.42 Å². The van der Waals surface area contributed by atoms with Crippen molar-refractivity contribution in [1.82, 2.24) is 0 Å². The fourth-order valence-corrected chi connectivity index (χ4v) is 1.47. The second-order valence-corrected chi connectivity index (χ2v) is 3.74. The van der Waals surface area contributed by atoms with Crippen molar-refractivity contribution in [3.8, 4) is 0 Å². The minimum atomic E-state index is -0.367. The lowest BCUT2D eigenvalue weighted by Crippen LogP contribution is -1.99. The van der Waals surface area contributed by atoms with Gasteiger partial charge in [-0.1, -0.05) is 25.1 Å². The minimum absolute atomic E-state index is 0.0268. The minimum Gasteiger partial charge on any atom is -0.281 e. The fourth-order valence-electron chi connectivity index (χ4n) is 1.36. The van der Waals surface area contributed by atoms with Crippen LogP contribution in [0.25, 0.3) is 0 Å². The van der Waals surface area contributed by atoms with Crippen molar-refractivity contribution in [3.63, 3.8) is 0 Å². The molecule has 0 aromatic heterocycles. The molecule has 0 bridgehead atoms. The summed E-state index contributed by atoms with van der Waals surface area (Å²) in [6.45, 7) is 1.89. The molecule has 0 aliphatic heterocycles. The molecule has 0 amide bonds. The highest BCUT2D eigenvalue weighted by Crippen LogP contribution is 2.23. The normalized spacial score (nSPS) is 12.5. The molecule has 3 heteroatoms. The van der Waals surface area contributed by atoms with E-state index >= 15 is 0 Å². The van der Waals surface area contributed by atoms with E-state index < -0.39 is 0 Å². The van der Waals surface area contributed by atoms with Crippen molar-refractivity contribution < 1.29 is 9.18 Å². The molecule has 0 fully saturated rings. The molecule has 0 heterocycles. The van der Waals surface area contributed by atoms with Crippen LogP contribution in [0.3, 0.4) is 0 Å². The van der Waals surface area contributed by atoms with Crippen LogP contribution in [0.4, 0.5) is 4.39 Å². The quantitative estimate of drug-likeness (QED) is 0.702. The average Bonchev–Trinajstić information content (AvgIpc) is 2.15. The van der Waals surface area contributed by atoms with Gasteiger partial charge in [0.2, 0.25) is 5.24 Å². The maximum atomic E-state index is 13.2. The van der Waals surface area contributed by atoms with E-state index in [9.17, 15) is 9.18 Å². The van der Waals surface area contributed by atoms with E-state index in [1.807, 2.05) is 6.92 Å². The topological polar surface area (TPSA) is 17.1 Å². The van der Waals surface area contributed by atoms with Crippen molar-refractivity contribution in [1.29, 1.82) is 0 Å². The van der Waals surface area contributed by atoms with Gasteiger partial charge < -0.3 is 0 Å². The first kappa shape index (κ1) is 11.2. The predicted octanol–water partition coefficient (Wildman–Crippen LogP) is 3.47. The van der Waals surface area contributed by atoms with Crippen LogP contribution in [0.1, 0.15) is 31.2 Å². The molecule has 1 aromatic carbocycles. The first-order valence-electron chi connectivity index (χ1n) is 4.54. The molecule has 1 unspecified atom stereocenters. The highest BCUT2D eigenvalue weighted by atomic mass is 35.5. The van der Waals surface area contributed by atoms with Gasteiger partial charge >= 0.3 is 0 Å². The number of rotatable bonds is 4. The molecule has 0 saturated heterocycles. The molecule has 1 rings (SSSR count). The average molecular weight is 215 g/mol. The summed E-state index contributed by atoms with van der Waals surface area (Å²) >= 11 is 5.22. The maximum absolute atomic E-state index is 13.2. The van der Waals surface area contributed by atoms with Gasteiger partial charge in [0.25, 0.3) is 0 Å². The Morgan fingerprint density at radius 1 is 1.50 bits per heavy atom. The Kier molecular flexibility index (Phi) is 4.08. The number of carbonyl (C=O) groups excluding carboxylic acids is 1. The highest BCUT2D eigenvalue weighted by Gasteiger charge is 2.11. The highest BCUT2D eigenvalue weighted by molar-refractivity contribution is 6.63. The third-order valence-corrected chi connectivity index (χ3v) is 2.40. The zero-order valence-corrected chi connectivity index (χ0v) is 8.72. The van der Waals surface area contributed by atoms with Gasteiger partial charge in [0.15, 0.2) is 0 Å². The third-order valence-electron chi connectivity index (χ3n) is 2.21. The van der Waals surface area contributed by atoms with Crippen molar-refractivity contribution in [3.05, 3.63) is 35.6 Å². The first-order valence-corrected chi connectivity index (χ1v) is 4.92. The van der Waals surface area contributed by atoms with E-state index in [1.54, 1.807) is 18.2 Å². The largest absolute Gasteiger partial charge is 0.281 e. The second-order valence-electron chi connectivity index (χ2n) is 3.32. The van der Waals surface area contributed by atoms with Crippen LogP contribution in [0.2, 0.25) is 0 Å². The number of hydrogen-bond donors (Lipinski definition) is 0. The van der Waals surface area contributed by atoms with Crippen molar-refractivity contribution in [2.45, 2.75) is 25.7 Å². The molecule has 0 aliphatic carbocycles. The van der Waals surface area contributed by atoms with E-state index in [2.05, 4.69) is 0 Å². The molecule has 1 atom stereocenters. The molecule has 0 saturated carbocycles. The van der Waals surface area contributed by atoms with Crippen molar-refractivity contribution in [2.75, 3.05) is 0 Å². The van der Waals surface area contributed by atoms with E-state index in [4.69, 9.17) is 11.6 Å². The van der Waals surface area contributed by atoms with Crippen LogP contribution >= 0.6 is 11.6 Å². The van der Waals surface area contributed by atoms with Gasteiger partial charge in [-0.2, -0.15) is 0 Å². The van der Waals surface area contributed by atoms with E-state index in [0.717, 1.165) is 0 Å². The zero-order valence-electron chi connectivity index (χ0n) is 7.97. The monoisotopic (exact) mass is 214 g/mol. The lowest BCUT2D eigenvalue weighted by Gasteiger charge is -2.10. The molecular weight excluding hydrogens is 203 g/mol. The van der Waals surface area contributed by atoms with Crippen LogP contribution in [-0.4, -0.2) is 5.24 Å². The summed E-state index contributed by atoms with van der Waals surface area (Å²) in [4.78, 5) is 10.5. The van der Waals surface area contributed by atoms with Crippen LogP contribution in [0, 0.1) is 5.82 Å². The molecule has 0 radical (unpaired) electrons. The van der Waals surface area contributed by atoms with Crippen LogP contribution in [0.15, 0.2) is 24.3 Å². The smallest absolute Gasteiger partial charge is 0.221 e. The SMILES string of the molecule is CC(CCC(=O)Cl)c1ccccc1F. The Morgan fingerprint density at radius 3 is 2.71 bits per heavy atom. The summed E-state index contributed by atoms with van der Waals surface area (Å²) in [5.41, 5.74) is 0.644. The number of hydrogen-bond acceptors (Lipinski definition) is 1. The molecular formula is C11H12ClFO. The Morgan fingerprint density at radius 2 is 2.14 bits per heavy atom. The van der Waals surface area contributed by atoms with Gasteiger partial charge in [-0.25, -0.2) is 4.39 Å². The van der Waals surface area contributed by atoms with Crippen LogP contribution in [-0.2, 0) is 4.79 Å². The van der Waals surface area contributed by atoms with Crippen molar-refractivity contribution in [2.24, 2.45) is 0 Å². The second kappa shape index (κ2) is 5.11. The molecule has 1 nitrogen and oxygen atoms in total. The lowest BCUT2D eigenvalue weighted by atomic mass is 9.96. The summed E-state index contributed by atoms with van der Waals surface area (Å²) in [6, 6.07) is 6.60. The first-order chi connectivity index (χ1) is 6.61. The summed E-state index contributed by atoms with van der Waals surface area (Å²) in [5, 5.41) is -0.367. The van der Waals surface area contributed by atoms with E-state index in [-0.39, 0.29) is 23.4 Å². The number of halogens is 2. The van der Waals surface area contributed by atoms with Gasteiger partial charge in [0.1, 0.15) is 5.82 Å². The van der Waals surface area contributed by atoms with Gasteiger partial charge in [-0.05, 0) is 35.6 Å². The Hall–Kier alpha value is -0.890. The number of benzene rings is 1. The maximum Gasteiger partial charge on any atom is 0.221 e. The van der Waals surface area contributed by atoms with Gasteiger partial charge in [0.05, 0.1) is 0 Å². The summed E-state index contributed by atoms with van der Waals surface area (Å²) in [7, 11) is 0. The third kappa shape index (κ3) is 3.11. The molecule has 14 heavy (non-hydrogen) atoms. The molecule has 0 N–H and O–H groups in total.